The fourth-order valence-corrected chi connectivity index (χ4v) is 3.32. The second kappa shape index (κ2) is 9.49. The van der Waals surface area contributed by atoms with Crippen molar-refractivity contribution < 1.29 is 18.8 Å². The maximum absolute atomic E-state index is 12.8. The third kappa shape index (κ3) is 4.55. The lowest BCUT2D eigenvalue weighted by Crippen LogP contribution is -2.15. The van der Waals surface area contributed by atoms with E-state index in [1.165, 1.54) is 0 Å². The summed E-state index contributed by atoms with van der Waals surface area (Å²) in [5.41, 5.74) is 3.35. The third-order valence-corrected chi connectivity index (χ3v) is 5.02. The highest BCUT2D eigenvalue weighted by Gasteiger charge is 2.27. The average Bonchev–Trinajstić information content (AvgIpc) is 3.24. The molecule has 0 aliphatic carbocycles. The number of amides is 1. The zero-order valence-corrected chi connectivity index (χ0v) is 17.9. The topological polar surface area (TPSA) is 81.4 Å². The number of ether oxygens (including phenoxy) is 1. The Kier molecular flexibility index (Phi) is 6.33. The van der Waals surface area contributed by atoms with Gasteiger partial charge in [0.15, 0.2) is 5.56 Å². The summed E-state index contributed by atoms with van der Waals surface area (Å²) < 4.78 is 10.5. The highest BCUT2D eigenvalue weighted by atomic mass is 35.5. The summed E-state index contributed by atoms with van der Waals surface area (Å²) in [6.45, 7) is 1.86. The normalized spacial score (nSPS) is 10.6. The molecule has 1 N–H and O–H groups in total. The standard InChI is InChI=1S/C25H19ClN2O4/c1-2-31-25(30)21-22(18-12-14-20(26)15-13-18)28-32-24(21)27-23(29)19-10-8-17(9-11-19)16-6-4-3-5-7-16/h3-15H,2H2,1H3,(H,27,29). The van der Waals surface area contributed by atoms with Gasteiger partial charge < -0.3 is 9.26 Å². The minimum Gasteiger partial charge on any atom is -0.462 e. The number of nitrogens with zero attached hydrogens (tertiary/aromatic N) is 1. The van der Waals surface area contributed by atoms with Gasteiger partial charge in [0.25, 0.3) is 5.91 Å². The van der Waals surface area contributed by atoms with Crippen molar-refractivity contribution in [1.29, 1.82) is 0 Å². The predicted octanol–water partition coefficient (Wildman–Crippen LogP) is 6.09. The maximum Gasteiger partial charge on any atom is 0.346 e. The Morgan fingerprint density at radius 2 is 1.53 bits per heavy atom. The molecule has 6 nitrogen and oxygen atoms in total. The molecule has 0 atom stereocenters. The molecule has 0 saturated heterocycles. The first-order valence-electron chi connectivity index (χ1n) is 9.96. The summed E-state index contributed by atoms with van der Waals surface area (Å²) in [4.78, 5) is 25.4. The van der Waals surface area contributed by atoms with Crippen LogP contribution in [0.5, 0.6) is 0 Å². The Balaban J connectivity index is 1.61. The molecule has 0 bridgehead atoms. The predicted molar refractivity (Wildman–Crippen MR) is 123 cm³/mol. The van der Waals surface area contributed by atoms with Crippen LogP contribution >= 0.6 is 11.6 Å². The number of halogens is 1. The fraction of sp³-hybridized carbons (Fsp3) is 0.0800. The van der Waals surface area contributed by atoms with Crippen molar-refractivity contribution in [3.05, 3.63) is 95.0 Å². The van der Waals surface area contributed by atoms with Crippen LogP contribution in [0.3, 0.4) is 0 Å². The lowest BCUT2D eigenvalue weighted by Gasteiger charge is -2.07. The minimum atomic E-state index is -0.645. The molecule has 1 amide bonds. The molecule has 4 rings (SSSR count). The van der Waals surface area contributed by atoms with Gasteiger partial charge in [0.1, 0.15) is 5.69 Å². The SMILES string of the molecule is CCOC(=O)c1c(-c2ccc(Cl)cc2)noc1NC(=O)c1ccc(-c2ccccc2)cc1. The number of esters is 1. The van der Waals surface area contributed by atoms with Crippen molar-refractivity contribution in [2.75, 3.05) is 11.9 Å². The van der Waals surface area contributed by atoms with Crippen molar-refractivity contribution in [1.82, 2.24) is 5.16 Å². The largest absolute Gasteiger partial charge is 0.462 e. The molecule has 32 heavy (non-hydrogen) atoms. The number of rotatable bonds is 6. The molecule has 0 radical (unpaired) electrons. The summed E-state index contributed by atoms with van der Waals surface area (Å²) in [5, 5.41) is 7.16. The van der Waals surface area contributed by atoms with E-state index < -0.39 is 11.9 Å². The van der Waals surface area contributed by atoms with E-state index in [1.54, 1.807) is 43.3 Å². The highest BCUT2D eigenvalue weighted by Crippen LogP contribution is 2.31. The van der Waals surface area contributed by atoms with Gasteiger partial charge in [0, 0.05) is 16.1 Å². The Morgan fingerprint density at radius 1 is 0.906 bits per heavy atom. The number of hydrogen-bond donors (Lipinski definition) is 1. The number of hydrogen-bond acceptors (Lipinski definition) is 5. The summed E-state index contributed by atoms with van der Waals surface area (Å²) >= 11 is 5.95. The molecule has 0 unspecified atom stereocenters. The van der Waals surface area contributed by atoms with E-state index in [0.717, 1.165) is 11.1 Å². The maximum atomic E-state index is 12.8. The van der Waals surface area contributed by atoms with Gasteiger partial charge in [-0.05, 0) is 42.3 Å². The van der Waals surface area contributed by atoms with Crippen LogP contribution in [0.15, 0.2) is 83.4 Å². The van der Waals surface area contributed by atoms with Crippen LogP contribution in [0.25, 0.3) is 22.4 Å². The number of benzene rings is 3. The van der Waals surface area contributed by atoms with Crippen LogP contribution < -0.4 is 5.32 Å². The molecule has 7 heteroatoms. The molecule has 4 aromatic rings. The van der Waals surface area contributed by atoms with Gasteiger partial charge in [0.05, 0.1) is 6.61 Å². The first-order chi connectivity index (χ1) is 15.6. The summed E-state index contributed by atoms with van der Waals surface area (Å²) in [6.07, 6.45) is 0. The molecule has 0 aliphatic rings. The van der Waals surface area contributed by atoms with Crippen LogP contribution in [0.1, 0.15) is 27.6 Å². The second-order valence-corrected chi connectivity index (χ2v) is 7.30. The summed E-state index contributed by atoms with van der Waals surface area (Å²) in [7, 11) is 0. The van der Waals surface area contributed by atoms with E-state index in [1.807, 2.05) is 42.5 Å². The van der Waals surface area contributed by atoms with E-state index in [0.29, 0.717) is 16.1 Å². The molecule has 1 aromatic heterocycles. The number of anilines is 1. The number of aromatic nitrogens is 1. The number of nitrogens with one attached hydrogen (secondary N) is 1. The molecular weight excluding hydrogens is 428 g/mol. The summed E-state index contributed by atoms with van der Waals surface area (Å²) in [6, 6.07) is 23.7. The Bertz CT molecular complexity index is 1230. The highest BCUT2D eigenvalue weighted by molar-refractivity contribution is 6.30. The first-order valence-corrected chi connectivity index (χ1v) is 10.3. The number of carbonyl (C=O) groups is 2. The zero-order chi connectivity index (χ0) is 22.5. The molecule has 0 saturated carbocycles. The van der Waals surface area contributed by atoms with Gasteiger partial charge in [-0.1, -0.05) is 71.4 Å². The van der Waals surface area contributed by atoms with Gasteiger partial charge in [-0.2, -0.15) is 0 Å². The van der Waals surface area contributed by atoms with Crippen LogP contribution in [0.4, 0.5) is 5.88 Å². The van der Waals surface area contributed by atoms with Gasteiger partial charge >= 0.3 is 5.97 Å². The van der Waals surface area contributed by atoms with Crippen molar-refractivity contribution in [2.45, 2.75) is 6.92 Å². The van der Waals surface area contributed by atoms with Crippen LogP contribution in [0.2, 0.25) is 5.02 Å². The minimum absolute atomic E-state index is 0.0448. The fourth-order valence-electron chi connectivity index (χ4n) is 3.19. The van der Waals surface area contributed by atoms with Crippen LogP contribution in [-0.2, 0) is 4.74 Å². The second-order valence-electron chi connectivity index (χ2n) is 6.86. The number of carbonyl (C=O) groups excluding carboxylic acids is 2. The van der Waals surface area contributed by atoms with Gasteiger partial charge in [-0.15, -0.1) is 0 Å². The van der Waals surface area contributed by atoms with Gasteiger partial charge in [0.2, 0.25) is 5.88 Å². The lowest BCUT2D eigenvalue weighted by atomic mass is 10.0. The van der Waals surface area contributed by atoms with Crippen molar-refractivity contribution in [2.24, 2.45) is 0 Å². The van der Waals surface area contributed by atoms with E-state index in [2.05, 4.69) is 10.5 Å². The smallest absolute Gasteiger partial charge is 0.346 e. The van der Waals surface area contributed by atoms with E-state index >= 15 is 0 Å². The molecule has 0 aliphatic heterocycles. The molecule has 0 fully saturated rings. The molecule has 3 aromatic carbocycles. The van der Waals surface area contributed by atoms with E-state index in [4.69, 9.17) is 20.9 Å². The monoisotopic (exact) mass is 446 g/mol. The quantitative estimate of drug-likeness (QED) is 0.362. The van der Waals surface area contributed by atoms with Gasteiger partial charge in [-0.3, -0.25) is 10.1 Å². The van der Waals surface area contributed by atoms with Gasteiger partial charge in [-0.25, -0.2) is 4.79 Å². The van der Waals surface area contributed by atoms with Crippen molar-refractivity contribution in [3.8, 4) is 22.4 Å². The van der Waals surface area contributed by atoms with Crippen molar-refractivity contribution in [3.63, 3.8) is 0 Å². The van der Waals surface area contributed by atoms with Crippen LogP contribution in [0, 0.1) is 0 Å². The average molecular weight is 447 g/mol. The van der Waals surface area contributed by atoms with E-state index in [9.17, 15) is 9.59 Å². The first kappa shape index (κ1) is 21.3. The molecule has 1 heterocycles. The van der Waals surface area contributed by atoms with E-state index in [-0.39, 0.29) is 23.7 Å². The van der Waals surface area contributed by atoms with Crippen LogP contribution in [-0.4, -0.2) is 23.6 Å². The zero-order valence-electron chi connectivity index (χ0n) is 17.2. The Morgan fingerprint density at radius 3 is 2.19 bits per heavy atom. The molecule has 0 spiro atoms. The molecular formula is C25H19ClN2O4. The molecule has 160 valence electrons. The summed E-state index contributed by atoms with van der Waals surface area (Å²) in [5.74, 6) is -1.16. The Labute approximate surface area is 189 Å². The van der Waals surface area contributed by atoms with Crippen molar-refractivity contribution >= 4 is 29.4 Å². The lowest BCUT2D eigenvalue weighted by molar-refractivity contribution is 0.0528. The Hall–Kier alpha value is -3.90. The third-order valence-electron chi connectivity index (χ3n) is 4.77.